The molecule has 0 amide bonds. The molecule has 0 bridgehead atoms. The number of rotatable bonds is 9. The van der Waals surface area contributed by atoms with Crippen LogP contribution >= 0.6 is 0 Å². The topological polar surface area (TPSA) is 32.3 Å². The van der Waals surface area contributed by atoms with E-state index in [-0.39, 0.29) is 12.1 Å². The summed E-state index contributed by atoms with van der Waals surface area (Å²) in [7, 11) is 0. The lowest BCUT2D eigenvalue weighted by atomic mass is 9.94. The van der Waals surface area contributed by atoms with Crippen molar-refractivity contribution in [2.24, 2.45) is 5.92 Å². The van der Waals surface area contributed by atoms with Crippen molar-refractivity contribution in [3.05, 3.63) is 0 Å². The lowest BCUT2D eigenvalue weighted by Gasteiger charge is -2.29. The van der Waals surface area contributed by atoms with Crippen molar-refractivity contribution in [3.8, 4) is 0 Å². The third kappa shape index (κ3) is 5.53. The van der Waals surface area contributed by atoms with Crippen LogP contribution in [0.5, 0.6) is 0 Å². The fourth-order valence-corrected chi connectivity index (χ4v) is 1.88. The fraction of sp³-hybridized carbons (Fsp3) is 1.00. The van der Waals surface area contributed by atoms with E-state index in [0.717, 1.165) is 18.9 Å². The number of aliphatic hydroxyl groups is 1. The largest absolute Gasteiger partial charge is 0.394 e. The minimum atomic E-state index is -0.0314. The molecule has 0 radical (unpaired) electrons. The van der Waals surface area contributed by atoms with E-state index in [4.69, 9.17) is 0 Å². The molecule has 0 heterocycles. The molecular formula is C13H27NO. The highest BCUT2D eigenvalue weighted by Crippen LogP contribution is 2.28. The lowest BCUT2D eigenvalue weighted by Crippen LogP contribution is -2.46. The number of hydrogen-bond donors (Lipinski definition) is 2. The van der Waals surface area contributed by atoms with E-state index >= 15 is 0 Å². The van der Waals surface area contributed by atoms with E-state index in [1.54, 1.807) is 0 Å². The highest BCUT2D eigenvalue weighted by molar-refractivity contribution is 4.86. The molecule has 90 valence electrons. The van der Waals surface area contributed by atoms with E-state index in [1.165, 1.54) is 38.5 Å². The molecule has 0 aromatic rings. The Balaban J connectivity index is 2.11. The molecule has 1 aliphatic rings. The van der Waals surface area contributed by atoms with Gasteiger partial charge in [-0.3, -0.25) is 0 Å². The minimum Gasteiger partial charge on any atom is -0.394 e. The maximum Gasteiger partial charge on any atom is 0.0610 e. The Labute approximate surface area is 94.5 Å². The Bertz CT molecular complexity index is 168. The number of unbranched alkanes of at least 4 members (excludes halogenated alkanes) is 3. The number of nitrogens with one attached hydrogen (secondary N) is 1. The van der Waals surface area contributed by atoms with Crippen LogP contribution in [0, 0.1) is 5.92 Å². The average Bonchev–Trinajstić information content (AvgIpc) is 3.06. The first-order chi connectivity index (χ1) is 7.20. The van der Waals surface area contributed by atoms with Crippen LogP contribution in [0.4, 0.5) is 0 Å². The van der Waals surface area contributed by atoms with Gasteiger partial charge in [0.25, 0.3) is 0 Å². The van der Waals surface area contributed by atoms with Crippen LogP contribution in [0.15, 0.2) is 0 Å². The number of hydrogen-bond acceptors (Lipinski definition) is 2. The van der Waals surface area contributed by atoms with Crippen molar-refractivity contribution in [1.29, 1.82) is 0 Å². The first-order valence-corrected chi connectivity index (χ1v) is 6.56. The summed E-state index contributed by atoms with van der Waals surface area (Å²) in [6, 6.07) is 0. The van der Waals surface area contributed by atoms with E-state index in [2.05, 4.69) is 19.2 Å². The molecular weight excluding hydrogens is 186 g/mol. The van der Waals surface area contributed by atoms with Gasteiger partial charge in [-0.25, -0.2) is 0 Å². The van der Waals surface area contributed by atoms with E-state index < -0.39 is 0 Å². The summed E-state index contributed by atoms with van der Waals surface area (Å²) in [4.78, 5) is 0. The van der Waals surface area contributed by atoms with Crippen LogP contribution in [-0.4, -0.2) is 23.8 Å². The van der Waals surface area contributed by atoms with Crippen LogP contribution in [0.25, 0.3) is 0 Å². The minimum absolute atomic E-state index is 0.0314. The van der Waals surface area contributed by atoms with Crippen molar-refractivity contribution >= 4 is 0 Å². The van der Waals surface area contributed by atoms with Crippen LogP contribution in [0.2, 0.25) is 0 Å². The Morgan fingerprint density at radius 2 is 2.00 bits per heavy atom. The van der Waals surface area contributed by atoms with Gasteiger partial charge in [-0.2, -0.15) is 0 Å². The highest BCUT2D eigenvalue weighted by atomic mass is 16.3. The zero-order valence-corrected chi connectivity index (χ0v) is 10.4. The molecule has 1 fully saturated rings. The van der Waals surface area contributed by atoms with Crippen LogP contribution in [-0.2, 0) is 0 Å². The molecule has 1 rings (SSSR count). The van der Waals surface area contributed by atoms with Crippen molar-refractivity contribution in [2.75, 3.05) is 13.2 Å². The average molecular weight is 213 g/mol. The zero-order chi connectivity index (χ0) is 11.1. The second kappa shape index (κ2) is 6.49. The van der Waals surface area contributed by atoms with Crippen molar-refractivity contribution < 1.29 is 5.11 Å². The molecule has 1 aliphatic carbocycles. The Kier molecular flexibility index (Phi) is 5.62. The predicted octanol–water partition coefficient (Wildman–Crippen LogP) is 2.71. The zero-order valence-electron chi connectivity index (χ0n) is 10.4. The first-order valence-electron chi connectivity index (χ1n) is 6.56. The smallest absolute Gasteiger partial charge is 0.0610 e. The molecule has 0 aliphatic heterocycles. The highest BCUT2D eigenvalue weighted by Gasteiger charge is 2.27. The third-order valence-corrected chi connectivity index (χ3v) is 3.45. The number of aliphatic hydroxyl groups excluding tert-OH is 1. The fourth-order valence-electron chi connectivity index (χ4n) is 1.88. The maximum atomic E-state index is 9.41. The van der Waals surface area contributed by atoms with Gasteiger partial charge in [0, 0.05) is 5.54 Å². The first kappa shape index (κ1) is 13.0. The van der Waals surface area contributed by atoms with Crippen LogP contribution in [0.1, 0.15) is 58.8 Å². The molecule has 0 aromatic carbocycles. The third-order valence-electron chi connectivity index (χ3n) is 3.45. The van der Waals surface area contributed by atoms with Gasteiger partial charge in [0.05, 0.1) is 6.61 Å². The molecule has 0 saturated heterocycles. The van der Waals surface area contributed by atoms with Gasteiger partial charge in [0.15, 0.2) is 0 Å². The summed E-state index contributed by atoms with van der Waals surface area (Å²) < 4.78 is 0. The predicted molar refractivity (Wildman–Crippen MR) is 65.0 cm³/mol. The normalized spacial score (nSPS) is 20.2. The summed E-state index contributed by atoms with van der Waals surface area (Å²) >= 11 is 0. The summed E-state index contributed by atoms with van der Waals surface area (Å²) in [5.41, 5.74) is -0.0314. The van der Waals surface area contributed by atoms with Gasteiger partial charge in [0.2, 0.25) is 0 Å². The van der Waals surface area contributed by atoms with E-state index in [9.17, 15) is 5.11 Å². The molecule has 0 spiro atoms. The standard InChI is InChI=1S/C13H27NO/c1-3-4-5-6-9-13(2,11-15)14-10-12-7-8-12/h12,14-15H,3-11H2,1-2H3. The van der Waals surface area contributed by atoms with Gasteiger partial charge in [-0.1, -0.05) is 32.6 Å². The summed E-state index contributed by atoms with van der Waals surface area (Å²) in [6.07, 6.45) is 9.01. The molecule has 2 nitrogen and oxygen atoms in total. The Morgan fingerprint density at radius 1 is 1.27 bits per heavy atom. The van der Waals surface area contributed by atoms with Crippen molar-refractivity contribution in [3.63, 3.8) is 0 Å². The maximum absolute atomic E-state index is 9.41. The van der Waals surface area contributed by atoms with Crippen LogP contribution < -0.4 is 5.32 Å². The monoisotopic (exact) mass is 213 g/mol. The van der Waals surface area contributed by atoms with Gasteiger partial charge >= 0.3 is 0 Å². The van der Waals surface area contributed by atoms with Gasteiger partial charge in [-0.15, -0.1) is 0 Å². The summed E-state index contributed by atoms with van der Waals surface area (Å²) in [5, 5.41) is 12.9. The molecule has 2 heteroatoms. The van der Waals surface area contributed by atoms with Gasteiger partial charge in [-0.05, 0) is 38.6 Å². The summed E-state index contributed by atoms with van der Waals surface area (Å²) in [6.45, 7) is 5.76. The van der Waals surface area contributed by atoms with E-state index in [1.807, 2.05) is 0 Å². The van der Waals surface area contributed by atoms with E-state index in [0.29, 0.717) is 0 Å². The van der Waals surface area contributed by atoms with Crippen LogP contribution in [0.3, 0.4) is 0 Å². The molecule has 1 atom stereocenters. The van der Waals surface area contributed by atoms with Gasteiger partial charge < -0.3 is 10.4 Å². The summed E-state index contributed by atoms with van der Waals surface area (Å²) in [5.74, 6) is 0.895. The SMILES string of the molecule is CCCCCCC(C)(CO)NCC1CC1. The van der Waals surface area contributed by atoms with Crippen molar-refractivity contribution in [1.82, 2.24) is 5.32 Å². The molecule has 1 unspecified atom stereocenters. The molecule has 2 N–H and O–H groups in total. The Morgan fingerprint density at radius 3 is 2.53 bits per heavy atom. The van der Waals surface area contributed by atoms with Gasteiger partial charge in [0.1, 0.15) is 0 Å². The lowest BCUT2D eigenvalue weighted by molar-refractivity contribution is 0.161. The Hall–Kier alpha value is -0.0800. The molecule has 1 saturated carbocycles. The second-order valence-electron chi connectivity index (χ2n) is 5.35. The molecule has 0 aromatic heterocycles. The quantitative estimate of drug-likeness (QED) is 0.577. The van der Waals surface area contributed by atoms with Crippen molar-refractivity contribution in [2.45, 2.75) is 64.3 Å². The molecule has 15 heavy (non-hydrogen) atoms. The second-order valence-corrected chi connectivity index (χ2v) is 5.35.